The Hall–Kier alpha value is -2.74. The van der Waals surface area contributed by atoms with Crippen LogP contribution in [-0.4, -0.2) is 43.1 Å². The van der Waals surface area contributed by atoms with Crippen LogP contribution in [0.5, 0.6) is 0 Å². The fourth-order valence-corrected chi connectivity index (χ4v) is 4.86. The Balaban J connectivity index is 1.39. The van der Waals surface area contributed by atoms with Crippen molar-refractivity contribution >= 4 is 22.9 Å². The molecule has 0 unspecified atom stereocenters. The minimum atomic E-state index is 0.328. The third kappa shape index (κ3) is 4.63. The van der Waals surface area contributed by atoms with Crippen molar-refractivity contribution < 1.29 is 0 Å². The second-order valence-corrected chi connectivity index (χ2v) is 8.91. The van der Waals surface area contributed by atoms with Crippen LogP contribution in [0.4, 0.5) is 11.8 Å². The van der Waals surface area contributed by atoms with Crippen LogP contribution in [0.25, 0.3) is 11.2 Å². The van der Waals surface area contributed by atoms with Gasteiger partial charge in [-0.1, -0.05) is 18.9 Å². The normalized spacial score (nSPS) is 22.1. The van der Waals surface area contributed by atoms with Gasteiger partial charge >= 0.3 is 0 Å². The molecule has 3 aromatic heterocycles. The van der Waals surface area contributed by atoms with E-state index >= 15 is 0 Å². The van der Waals surface area contributed by atoms with Crippen molar-refractivity contribution in [2.75, 3.05) is 17.2 Å². The first-order chi connectivity index (χ1) is 15.3. The molecule has 3 heterocycles. The summed E-state index contributed by atoms with van der Waals surface area (Å²) in [6.07, 6.45) is 13.8. The monoisotopic (exact) mass is 420 g/mol. The van der Waals surface area contributed by atoms with Crippen LogP contribution >= 0.6 is 0 Å². The zero-order valence-corrected chi connectivity index (χ0v) is 18.0. The van der Waals surface area contributed by atoms with Crippen molar-refractivity contribution in [3.63, 3.8) is 0 Å². The van der Waals surface area contributed by atoms with Crippen LogP contribution in [0, 0.1) is 0 Å². The molecule has 2 aliphatic carbocycles. The summed E-state index contributed by atoms with van der Waals surface area (Å²) in [5.41, 5.74) is 8.92. The number of hydrogen-bond acceptors (Lipinski definition) is 7. The van der Waals surface area contributed by atoms with E-state index in [4.69, 9.17) is 20.7 Å². The molecule has 0 aromatic carbocycles. The molecule has 0 spiro atoms. The predicted molar refractivity (Wildman–Crippen MR) is 123 cm³/mol. The summed E-state index contributed by atoms with van der Waals surface area (Å²) >= 11 is 0. The first-order valence-electron chi connectivity index (χ1n) is 11.7. The van der Waals surface area contributed by atoms with Gasteiger partial charge < -0.3 is 20.9 Å². The zero-order valence-electron chi connectivity index (χ0n) is 18.0. The SMILES string of the molecule is N[C@H]1CC[C@H](Nc2nc(NCCc3ccccn3)c3ncn(C4CCCC4)c3n2)CC1. The van der Waals surface area contributed by atoms with Crippen LogP contribution in [0.15, 0.2) is 30.7 Å². The molecule has 0 bridgehead atoms. The lowest BCUT2D eigenvalue weighted by Gasteiger charge is -2.27. The number of rotatable bonds is 7. The average Bonchev–Trinajstić information content (AvgIpc) is 3.46. The molecule has 0 radical (unpaired) electrons. The molecular formula is C23H32N8. The van der Waals surface area contributed by atoms with Crippen LogP contribution in [-0.2, 0) is 6.42 Å². The number of imidazole rings is 1. The van der Waals surface area contributed by atoms with E-state index in [0.717, 1.165) is 61.3 Å². The number of hydrogen-bond donors (Lipinski definition) is 3. The third-order valence-corrected chi connectivity index (χ3v) is 6.64. The lowest BCUT2D eigenvalue weighted by Crippen LogP contribution is -2.33. The van der Waals surface area contributed by atoms with Crippen molar-refractivity contribution in [1.82, 2.24) is 24.5 Å². The van der Waals surface area contributed by atoms with Gasteiger partial charge in [-0.3, -0.25) is 4.98 Å². The molecule has 2 saturated carbocycles. The van der Waals surface area contributed by atoms with Crippen LogP contribution in [0.3, 0.4) is 0 Å². The van der Waals surface area contributed by atoms with Crippen molar-refractivity contribution in [3.05, 3.63) is 36.4 Å². The van der Waals surface area contributed by atoms with Crippen LogP contribution in [0.2, 0.25) is 0 Å². The fourth-order valence-electron chi connectivity index (χ4n) is 4.86. The molecule has 0 atom stereocenters. The first kappa shape index (κ1) is 20.2. The smallest absolute Gasteiger partial charge is 0.227 e. The zero-order chi connectivity index (χ0) is 21.0. The van der Waals surface area contributed by atoms with Crippen molar-refractivity contribution in [1.29, 1.82) is 0 Å². The molecule has 3 aromatic rings. The van der Waals surface area contributed by atoms with Crippen LogP contribution < -0.4 is 16.4 Å². The molecule has 31 heavy (non-hydrogen) atoms. The summed E-state index contributed by atoms with van der Waals surface area (Å²) in [4.78, 5) is 18.9. The number of nitrogens with one attached hydrogen (secondary N) is 2. The molecule has 2 fully saturated rings. The van der Waals surface area contributed by atoms with Crippen molar-refractivity contribution in [2.45, 2.75) is 75.9 Å². The van der Waals surface area contributed by atoms with E-state index in [9.17, 15) is 0 Å². The van der Waals surface area contributed by atoms with E-state index in [1.54, 1.807) is 0 Å². The predicted octanol–water partition coefficient (Wildman–Crippen LogP) is 3.67. The van der Waals surface area contributed by atoms with Gasteiger partial charge in [0.15, 0.2) is 17.0 Å². The van der Waals surface area contributed by atoms with Gasteiger partial charge in [0, 0.05) is 43.0 Å². The highest BCUT2D eigenvalue weighted by Gasteiger charge is 2.23. The standard InChI is InChI=1S/C23H32N8/c24-16-8-10-18(11-9-16)28-23-29-21(26-14-12-17-5-3-4-13-25-17)20-22(30-23)31(15-27-20)19-6-1-2-7-19/h3-5,13,15-16,18-19H,1-2,6-12,14,24H2,(H2,26,28,29,30)/t16-,18-. The summed E-state index contributed by atoms with van der Waals surface area (Å²) in [5, 5.41) is 7.08. The van der Waals surface area contributed by atoms with Gasteiger partial charge in [0.05, 0.1) is 6.33 Å². The van der Waals surface area contributed by atoms with Gasteiger partial charge in [-0.05, 0) is 50.7 Å². The van der Waals surface area contributed by atoms with E-state index in [0.29, 0.717) is 24.1 Å². The second-order valence-electron chi connectivity index (χ2n) is 8.91. The molecule has 0 saturated heterocycles. The van der Waals surface area contributed by atoms with Gasteiger partial charge in [-0.25, -0.2) is 4.98 Å². The maximum absolute atomic E-state index is 6.08. The van der Waals surface area contributed by atoms with Crippen molar-refractivity contribution in [3.8, 4) is 0 Å². The number of anilines is 2. The molecule has 5 rings (SSSR count). The Morgan fingerprint density at radius 3 is 2.61 bits per heavy atom. The van der Waals surface area contributed by atoms with Crippen molar-refractivity contribution in [2.24, 2.45) is 5.73 Å². The van der Waals surface area contributed by atoms with Gasteiger partial charge in [-0.2, -0.15) is 9.97 Å². The van der Waals surface area contributed by atoms with Gasteiger partial charge in [0.1, 0.15) is 0 Å². The summed E-state index contributed by atoms with van der Waals surface area (Å²) in [6.45, 7) is 0.747. The first-order valence-corrected chi connectivity index (χ1v) is 11.7. The highest BCUT2D eigenvalue weighted by molar-refractivity contribution is 5.84. The van der Waals surface area contributed by atoms with E-state index in [2.05, 4.69) is 20.2 Å². The topological polar surface area (TPSA) is 107 Å². The minimum absolute atomic E-state index is 0.328. The fraction of sp³-hybridized carbons (Fsp3) is 0.565. The summed E-state index contributed by atoms with van der Waals surface area (Å²) in [6, 6.07) is 7.20. The number of pyridine rings is 1. The molecule has 8 nitrogen and oxygen atoms in total. The third-order valence-electron chi connectivity index (χ3n) is 6.64. The quantitative estimate of drug-likeness (QED) is 0.535. The minimum Gasteiger partial charge on any atom is -0.368 e. The number of nitrogens with zero attached hydrogens (tertiary/aromatic N) is 5. The molecule has 0 aliphatic heterocycles. The summed E-state index contributed by atoms with van der Waals surface area (Å²) in [5.74, 6) is 1.49. The van der Waals surface area contributed by atoms with E-state index in [-0.39, 0.29) is 0 Å². The van der Waals surface area contributed by atoms with Crippen LogP contribution in [0.1, 0.15) is 63.1 Å². The average molecular weight is 421 g/mol. The molecule has 0 amide bonds. The number of aromatic nitrogens is 5. The number of nitrogens with two attached hydrogens (primary N) is 1. The maximum Gasteiger partial charge on any atom is 0.227 e. The molecule has 4 N–H and O–H groups in total. The highest BCUT2D eigenvalue weighted by atomic mass is 15.2. The van der Waals surface area contributed by atoms with Gasteiger partial charge in [0.25, 0.3) is 0 Å². The lowest BCUT2D eigenvalue weighted by molar-refractivity contribution is 0.410. The number of fused-ring (bicyclic) bond motifs is 1. The highest BCUT2D eigenvalue weighted by Crippen LogP contribution is 2.33. The van der Waals surface area contributed by atoms with Gasteiger partial charge in [-0.15, -0.1) is 0 Å². The Bertz CT molecular complexity index is 987. The Labute approximate surface area is 183 Å². The Morgan fingerprint density at radius 1 is 1.00 bits per heavy atom. The lowest BCUT2D eigenvalue weighted by atomic mass is 9.92. The second kappa shape index (κ2) is 9.18. The van der Waals surface area contributed by atoms with Gasteiger partial charge in [0.2, 0.25) is 5.95 Å². The van der Waals surface area contributed by atoms with E-state index in [1.165, 1.54) is 25.7 Å². The maximum atomic E-state index is 6.08. The molecule has 8 heteroatoms. The molecule has 164 valence electrons. The summed E-state index contributed by atoms with van der Waals surface area (Å²) < 4.78 is 2.26. The molecular weight excluding hydrogens is 388 g/mol. The molecule has 2 aliphatic rings. The van der Waals surface area contributed by atoms with E-state index < -0.39 is 0 Å². The summed E-state index contributed by atoms with van der Waals surface area (Å²) in [7, 11) is 0. The Kier molecular flexibility index (Phi) is 5.97. The Morgan fingerprint density at radius 2 is 1.84 bits per heavy atom. The largest absolute Gasteiger partial charge is 0.368 e. The van der Waals surface area contributed by atoms with E-state index in [1.807, 2.05) is 30.7 Å².